The number of carbonyl (C=O) groups excluding carboxylic acids is 2. The van der Waals surface area contributed by atoms with Crippen LogP contribution in [0.1, 0.15) is 63.0 Å². The van der Waals surface area contributed by atoms with E-state index in [-0.39, 0.29) is 18.4 Å². The first-order valence-electron chi connectivity index (χ1n) is 14.3. The Bertz CT molecular complexity index is 1140. The number of H-pyrrole nitrogens is 1. The third-order valence-corrected chi connectivity index (χ3v) is 7.20. The van der Waals surface area contributed by atoms with Crippen LogP contribution in [0.3, 0.4) is 0 Å². The minimum Gasteiger partial charge on any atom is -0.497 e. The molecule has 0 aliphatic carbocycles. The lowest BCUT2D eigenvalue weighted by atomic mass is 10.1. The van der Waals surface area contributed by atoms with Crippen molar-refractivity contribution in [3.8, 4) is 5.75 Å². The van der Waals surface area contributed by atoms with E-state index in [1.807, 2.05) is 47.5 Å². The van der Waals surface area contributed by atoms with Gasteiger partial charge in [-0.3, -0.25) is 9.59 Å². The van der Waals surface area contributed by atoms with Gasteiger partial charge in [0.1, 0.15) is 5.75 Å². The van der Waals surface area contributed by atoms with Crippen LogP contribution in [0.2, 0.25) is 0 Å². The second-order valence-corrected chi connectivity index (χ2v) is 10.1. The van der Waals surface area contributed by atoms with Gasteiger partial charge in [-0.15, -0.1) is 0 Å². The maximum atomic E-state index is 13.7. The smallest absolute Gasteiger partial charge is 0.242 e. The number of methoxy groups -OCH3 is 2. The number of ether oxygens (including phenoxy) is 2. The summed E-state index contributed by atoms with van der Waals surface area (Å²) in [5, 5.41) is 1.17. The highest BCUT2D eigenvalue weighted by Gasteiger charge is 2.22. The summed E-state index contributed by atoms with van der Waals surface area (Å²) in [5.41, 5.74) is 3.28. The van der Waals surface area contributed by atoms with Crippen molar-refractivity contribution in [2.24, 2.45) is 0 Å². The molecule has 0 spiro atoms. The highest BCUT2D eigenvalue weighted by atomic mass is 16.5. The molecule has 0 radical (unpaired) electrons. The molecule has 0 aliphatic rings. The summed E-state index contributed by atoms with van der Waals surface area (Å²) >= 11 is 0. The molecule has 2 aromatic carbocycles. The van der Waals surface area contributed by atoms with Crippen molar-refractivity contribution in [1.82, 2.24) is 14.8 Å². The number of aromatic amines is 1. The standard InChI is InChI=1S/C32H45N3O4/c1-4-5-6-7-8-9-14-31(36)35(21-22-38-2)25-32(37)34(24-26-15-17-28(39-3)18-16-26)20-19-27-23-33-30-13-11-10-12-29(27)30/h10-13,15-18,23,33H,4-9,14,19-22,24-25H2,1-3H3. The van der Waals surface area contributed by atoms with Crippen LogP contribution in [-0.4, -0.2) is 67.1 Å². The molecule has 3 rings (SSSR count). The zero-order valence-electron chi connectivity index (χ0n) is 23.9. The molecule has 3 aromatic rings. The van der Waals surface area contributed by atoms with E-state index in [9.17, 15) is 9.59 Å². The number of benzene rings is 2. The van der Waals surface area contributed by atoms with Crippen molar-refractivity contribution in [3.63, 3.8) is 0 Å². The van der Waals surface area contributed by atoms with Crippen molar-refractivity contribution in [2.45, 2.75) is 64.8 Å². The number of aromatic nitrogens is 1. The van der Waals surface area contributed by atoms with Gasteiger partial charge in [0, 0.05) is 50.3 Å². The van der Waals surface area contributed by atoms with Crippen LogP contribution in [0.4, 0.5) is 0 Å². The zero-order valence-corrected chi connectivity index (χ0v) is 23.9. The number of carbonyl (C=O) groups is 2. The Balaban J connectivity index is 1.68. The topological polar surface area (TPSA) is 74.9 Å². The Morgan fingerprint density at radius 1 is 0.846 bits per heavy atom. The Kier molecular flexibility index (Phi) is 12.9. The van der Waals surface area contributed by atoms with Crippen LogP contribution in [-0.2, 0) is 27.3 Å². The molecule has 7 heteroatoms. The molecule has 0 saturated heterocycles. The molecule has 7 nitrogen and oxygen atoms in total. The van der Waals surface area contributed by atoms with Crippen LogP contribution in [0.25, 0.3) is 10.9 Å². The van der Waals surface area contributed by atoms with Crippen LogP contribution in [0, 0.1) is 0 Å². The molecule has 0 unspecified atom stereocenters. The maximum absolute atomic E-state index is 13.7. The van der Waals surface area contributed by atoms with Gasteiger partial charge in [-0.1, -0.05) is 69.4 Å². The summed E-state index contributed by atoms with van der Waals surface area (Å²) in [4.78, 5) is 33.6. The summed E-state index contributed by atoms with van der Waals surface area (Å²) in [7, 11) is 3.26. The van der Waals surface area contributed by atoms with Gasteiger partial charge in [0.15, 0.2) is 0 Å². The Labute approximate surface area is 233 Å². The number of hydrogen-bond acceptors (Lipinski definition) is 4. The molecule has 0 fully saturated rings. The normalized spacial score (nSPS) is 11.1. The summed E-state index contributed by atoms with van der Waals surface area (Å²) in [6.45, 7) is 4.10. The SMILES string of the molecule is CCCCCCCCC(=O)N(CCOC)CC(=O)N(CCc1c[nH]c2ccccc12)Cc1ccc(OC)cc1. The molecule has 39 heavy (non-hydrogen) atoms. The molecule has 1 N–H and O–H groups in total. The van der Waals surface area contributed by atoms with Crippen molar-refractivity contribution < 1.29 is 19.1 Å². The lowest BCUT2D eigenvalue weighted by molar-refractivity contribution is -0.141. The predicted octanol–water partition coefficient (Wildman–Crippen LogP) is 5.97. The van der Waals surface area contributed by atoms with E-state index >= 15 is 0 Å². The van der Waals surface area contributed by atoms with Gasteiger partial charge in [0.05, 0.1) is 20.3 Å². The number of hydrogen-bond donors (Lipinski definition) is 1. The fraction of sp³-hybridized carbons (Fsp3) is 0.500. The maximum Gasteiger partial charge on any atom is 0.242 e. The summed E-state index contributed by atoms with van der Waals surface area (Å²) < 4.78 is 10.6. The van der Waals surface area contributed by atoms with E-state index in [1.54, 1.807) is 19.1 Å². The Morgan fingerprint density at radius 2 is 1.59 bits per heavy atom. The van der Waals surface area contributed by atoms with Gasteiger partial charge in [-0.25, -0.2) is 0 Å². The largest absolute Gasteiger partial charge is 0.497 e. The van der Waals surface area contributed by atoms with Gasteiger partial charge in [-0.2, -0.15) is 0 Å². The van der Waals surface area contributed by atoms with Crippen LogP contribution in [0.5, 0.6) is 5.75 Å². The van der Waals surface area contributed by atoms with Gasteiger partial charge < -0.3 is 24.3 Å². The van der Waals surface area contributed by atoms with E-state index < -0.39 is 0 Å². The molecule has 2 amide bonds. The number of nitrogens with zero attached hydrogens (tertiary/aromatic N) is 2. The first-order chi connectivity index (χ1) is 19.0. The molecule has 0 bridgehead atoms. The van der Waals surface area contributed by atoms with Crippen molar-refractivity contribution in [3.05, 3.63) is 65.9 Å². The summed E-state index contributed by atoms with van der Waals surface area (Å²) in [6.07, 6.45) is 9.93. The Morgan fingerprint density at radius 3 is 2.33 bits per heavy atom. The summed E-state index contributed by atoms with van der Waals surface area (Å²) in [6, 6.07) is 16.0. The highest BCUT2D eigenvalue weighted by Crippen LogP contribution is 2.20. The molecular weight excluding hydrogens is 490 g/mol. The van der Waals surface area contributed by atoms with Crippen molar-refractivity contribution in [1.29, 1.82) is 0 Å². The highest BCUT2D eigenvalue weighted by molar-refractivity contribution is 5.85. The van der Waals surface area contributed by atoms with Gasteiger partial charge in [-0.05, 0) is 42.2 Å². The van der Waals surface area contributed by atoms with Crippen molar-refractivity contribution in [2.75, 3.05) is 40.5 Å². The molecule has 1 heterocycles. The molecule has 0 saturated carbocycles. The lowest BCUT2D eigenvalue weighted by Gasteiger charge is -2.28. The number of para-hydroxylation sites is 1. The average molecular weight is 536 g/mol. The van der Waals surface area contributed by atoms with Gasteiger partial charge >= 0.3 is 0 Å². The lowest BCUT2D eigenvalue weighted by Crippen LogP contribution is -2.44. The van der Waals surface area contributed by atoms with E-state index in [1.165, 1.54) is 30.2 Å². The molecule has 0 atom stereocenters. The van der Waals surface area contributed by atoms with Gasteiger partial charge in [0.25, 0.3) is 0 Å². The second kappa shape index (κ2) is 16.6. The minimum atomic E-state index is -0.0574. The number of rotatable bonds is 18. The quantitative estimate of drug-likeness (QED) is 0.204. The molecule has 1 aromatic heterocycles. The third kappa shape index (κ3) is 9.74. The number of fused-ring (bicyclic) bond motifs is 1. The van der Waals surface area contributed by atoms with E-state index in [4.69, 9.17) is 9.47 Å². The molecule has 212 valence electrons. The predicted molar refractivity (Wildman–Crippen MR) is 157 cm³/mol. The molecule has 0 aliphatic heterocycles. The van der Waals surface area contributed by atoms with E-state index in [0.717, 1.165) is 42.5 Å². The first kappa shape index (κ1) is 30.2. The van der Waals surface area contributed by atoms with E-state index in [2.05, 4.69) is 24.0 Å². The van der Waals surface area contributed by atoms with Crippen LogP contribution >= 0.6 is 0 Å². The monoisotopic (exact) mass is 535 g/mol. The first-order valence-corrected chi connectivity index (χ1v) is 14.3. The van der Waals surface area contributed by atoms with Gasteiger partial charge in [0.2, 0.25) is 11.8 Å². The van der Waals surface area contributed by atoms with E-state index in [0.29, 0.717) is 32.7 Å². The number of nitrogens with one attached hydrogen (secondary N) is 1. The fourth-order valence-electron chi connectivity index (χ4n) is 4.81. The van der Waals surface area contributed by atoms with Crippen LogP contribution < -0.4 is 4.74 Å². The minimum absolute atomic E-state index is 0.0249. The van der Waals surface area contributed by atoms with Crippen LogP contribution in [0.15, 0.2) is 54.7 Å². The second-order valence-electron chi connectivity index (χ2n) is 10.1. The van der Waals surface area contributed by atoms with Crippen molar-refractivity contribution >= 4 is 22.7 Å². The molecular formula is C32H45N3O4. The number of unbranched alkanes of at least 4 members (excludes halogenated alkanes) is 5. The zero-order chi connectivity index (χ0) is 27.9. The fourth-order valence-corrected chi connectivity index (χ4v) is 4.81. The third-order valence-electron chi connectivity index (χ3n) is 7.20. The number of amides is 2. The Hall–Kier alpha value is -3.32. The summed E-state index contributed by atoms with van der Waals surface area (Å²) in [5.74, 6) is 0.747. The average Bonchev–Trinajstić information content (AvgIpc) is 3.38.